The molecule has 1 N–H and O–H groups in total. The van der Waals surface area contributed by atoms with Crippen molar-refractivity contribution in [2.75, 3.05) is 0 Å². The predicted molar refractivity (Wildman–Crippen MR) is 114 cm³/mol. The van der Waals surface area contributed by atoms with Crippen LogP contribution >= 0.6 is 0 Å². The molecule has 0 saturated carbocycles. The molecular weight excluding hydrogens is 348 g/mol. The van der Waals surface area contributed by atoms with Crippen LogP contribution in [-0.2, 0) is 22.6 Å². The van der Waals surface area contributed by atoms with Crippen molar-refractivity contribution < 1.29 is 9.59 Å². The van der Waals surface area contributed by atoms with Gasteiger partial charge in [-0.1, -0.05) is 61.0 Å². The van der Waals surface area contributed by atoms with Gasteiger partial charge in [0, 0.05) is 12.6 Å². The van der Waals surface area contributed by atoms with Crippen LogP contribution in [0.3, 0.4) is 0 Å². The highest BCUT2D eigenvalue weighted by molar-refractivity contribution is 5.88. The number of nitrogens with zero attached hydrogens (tertiary/aromatic N) is 1. The third-order valence-corrected chi connectivity index (χ3v) is 4.89. The van der Waals surface area contributed by atoms with Crippen LogP contribution in [0.15, 0.2) is 48.5 Å². The van der Waals surface area contributed by atoms with Crippen molar-refractivity contribution in [3.05, 3.63) is 70.8 Å². The minimum absolute atomic E-state index is 0.0298. The first-order chi connectivity index (χ1) is 13.3. The zero-order valence-corrected chi connectivity index (χ0v) is 17.7. The number of hydrogen-bond acceptors (Lipinski definition) is 2. The number of nitrogens with one attached hydrogen (secondary N) is 1. The average Bonchev–Trinajstić information content (AvgIpc) is 2.64. The van der Waals surface area contributed by atoms with E-state index in [0.717, 1.165) is 22.3 Å². The van der Waals surface area contributed by atoms with Gasteiger partial charge >= 0.3 is 0 Å². The lowest BCUT2D eigenvalue weighted by Gasteiger charge is -2.31. The van der Waals surface area contributed by atoms with Crippen LogP contribution in [0.1, 0.15) is 49.4 Å². The monoisotopic (exact) mass is 380 g/mol. The van der Waals surface area contributed by atoms with Gasteiger partial charge in [-0.05, 0) is 50.8 Å². The van der Waals surface area contributed by atoms with Crippen LogP contribution < -0.4 is 5.32 Å². The number of aryl methyl sites for hydroxylation is 2. The van der Waals surface area contributed by atoms with Gasteiger partial charge in [-0.3, -0.25) is 9.59 Å². The molecule has 0 saturated heterocycles. The summed E-state index contributed by atoms with van der Waals surface area (Å²) in [6, 6.07) is 15.5. The Bertz CT molecular complexity index is 797. The largest absolute Gasteiger partial charge is 0.352 e. The molecule has 1 atom stereocenters. The molecule has 0 aliphatic heterocycles. The molecule has 2 rings (SSSR count). The molecule has 4 heteroatoms. The van der Waals surface area contributed by atoms with E-state index >= 15 is 0 Å². The minimum atomic E-state index is -0.486. The van der Waals surface area contributed by atoms with E-state index in [1.807, 2.05) is 83.1 Å². The molecule has 2 aromatic rings. The minimum Gasteiger partial charge on any atom is -0.352 e. The molecular formula is C24H32N2O2. The Morgan fingerprint density at radius 3 is 2.21 bits per heavy atom. The Labute approximate surface area is 169 Å². The Kier molecular flexibility index (Phi) is 7.80. The van der Waals surface area contributed by atoms with E-state index in [1.54, 1.807) is 4.90 Å². The van der Waals surface area contributed by atoms with Crippen molar-refractivity contribution in [2.24, 2.45) is 0 Å². The predicted octanol–water partition coefficient (Wildman–Crippen LogP) is 4.18. The molecule has 2 aromatic carbocycles. The van der Waals surface area contributed by atoms with E-state index in [1.165, 1.54) is 0 Å². The molecule has 0 aliphatic rings. The number of hydrogen-bond donors (Lipinski definition) is 1. The molecule has 0 aromatic heterocycles. The van der Waals surface area contributed by atoms with Gasteiger partial charge in [-0.2, -0.15) is 0 Å². The van der Waals surface area contributed by atoms with Gasteiger partial charge in [0.05, 0.1) is 6.42 Å². The van der Waals surface area contributed by atoms with Gasteiger partial charge < -0.3 is 10.2 Å². The summed E-state index contributed by atoms with van der Waals surface area (Å²) in [4.78, 5) is 27.8. The highest BCUT2D eigenvalue weighted by Gasteiger charge is 2.29. The fourth-order valence-corrected chi connectivity index (χ4v) is 3.25. The summed E-state index contributed by atoms with van der Waals surface area (Å²) in [6.45, 7) is 10.3. The summed E-state index contributed by atoms with van der Waals surface area (Å²) in [5, 5.41) is 2.97. The summed E-state index contributed by atoms with van der Waals surface area (Å²) in [6.07, 6.45) is 0.863. The van der Waals surface area contributed by atoms with Crippen LogP contribution in [0.2, 0.25) is 0 Å². The quantitative estimate of drug-likeness (QED) is 0.747. The number of carbonyl (C=O) groups excluding carboxylic acids is 2. The number of rotatable bonds is 8. The summed E-state index contributed by atoms with van der Waals surface area (Å²) in [7, 11) is 0. The molecule has 0 aliphatic carbocycles. The molecule has 28 heavy (non-hydrogen) atoms. The molecule has 1 unspecified atom stereocenters. The van der Waals surface area contributed by atoms with Gasteiger partial charge in [0.15, 0.2) is 0 Å². The second-order valence-electron chi connectivity index (χ2n) is 7.70. The highest BCUT2D eigenvalue weighted by Crippen LogP contribution is 2.17. The third-order valence-electron chi connectivity index (χ3n) is 4.89. The summed E-state index contributed by atoms with van der Waals surface area (Å²) in [5.41, 5.74) is 4.31. The maximum absolute atomic E-state index is 13.2. The molecule has 0 heterocycles. The maximum Gasteiger partial charge on any atom is 0.243 e. The number of amides is 2. The topological polar surface area (TPSA) is 49.4 Å². The van der Waals surface area contributed by atoms with Gasteiger partial charge in [0.1, 0.15) is 6.04 Å². The molecule has 150 valence electrons. The Morgan fingerprint density at radius 1 is 1.00 bits per heavy atom. The first-order valence-corrected chi connectivity index (χ1v) is 10.0. The van der Waals surface area contributed by atoms with Crippen molar-refractivity contribution in [3.63, 3.8) is 0 Å². The second-order valence-corrected chi connectivity index (χ2v) is 7.70. The average molecular weight is 381 g/mol. The zero-order chi connectivity index (χ0) is 20.7. The summed E-state index contributed by atoms with van der Waals surface area (Å²) < 4.78 is 0. The van der Waals surface area contributed by atoms with Crippen molar-refractivity contribution >= 4 is 11.8 Å². The first-order valence-electron chi connectivity index (χ1n) is 10.0. The normalized spacial score (nSPS) is 11.9. The molecule has 0 fully saturated rings. The maximum atomic E-state index is 13.2. The molecule has 0 radical (unpaired) electrons. The van der Waals surface area contributed by atoms with Crippen molar-refractivity contribution in [1.82, 2.24) is 10.2 Å². The first kappa shape index (κ1) is 21.7. The summed E-state index contributed by atoms with van der Waals surface area (Å²) in [5.74, 6) is -0.124. The molecule has 2 amide bonds. The fraction of sp³-hybridized carbons (Fsp3) is 0.417. The van der Waals surface area contributed by atoms with E-state index in [2.05, 4.69) is 5.32 Å². The van der Waals surface area contributed by atoms with Crippen molar-refractivity contribution in [3.8, 4) is 0 Å². The SMILES string of the molecule is CCC(C(=O)NC(C)C)N(Cc1ccccc1C)C(=O)Cc1ccc(C)cc1. The lowest BCUT2D eigenvalue weighted by atomic mass is 10.0. The lowest BCUT2D eigenvalue weighted by molar-refractivity contribution is -0.141. The van der Waals surface area contributed by atoms with Crippen molar-refractivity contribution in [1.29, 1.82) is 0 Å². The summed E-state index contributed by atoms with van der Waals surface area (Å²) >= 11 is 0. The highest BCUT2D eigenvalue weighted by atomic mass is 16.2. The van der Waals surface area contributed by atoms with E-state index in [4.69, 9.17) is 0 Å². The Balaban J connectivity index is 2.30. The molecule has 0 bridgehead atoms. The lowest BCUT2D eigenvalue weighted by Crippen LogP contribution is -2.50. The third kappa shape index (κ3) is 5.95. The smallest absolute Gasteiger partial charge is 0.243 e. The van der Waals surface area contributed by atoms with E-state index in [0.29, 0.717) is 13.0 Å². The van der Waals surface area contributed by atoms with Crippen LogP contribution in [0, 0.1) is 13.8 Å². The van der Waals surface area contributed by atoms with E-state index < -0.39 is 6.04 Å². The standard InChI is InChI=1S/C24H32N2O2/c1-6-22(24(28)25-17(2)3)26(16-21-10-8-7-9-19(21)5)23(27)15-20-13-11-18(4)12-14-20/h7-14,17,22H,6,15-16H2,1-5H3,(H,25,28). The van der Waals surface area contributed by atoms with Gasteiger partial charge in [-0.25, -0.2) is 0 Å². The Morgan fingerprint density at radius 2 is 1.64 bits per heavy atom. The molecule has 0 spiro atoms. The number of benzene rings is 2. The van der Waals surface area contributed by atoms with Crippen LogP contribution in [0.5, 0.6) is 0 Å². The van der Waals surface area contributed by atoms with Crippen molar-refractivity contribution in [2.45, 2.75) is 66.1 Å². The van der Waals surface area contributed by atoms with Gasteiger partial charge in [0.2, 0.25) is 11.8 Å². The van der Waals surface area contributed by atoms with E-state index in [-0.39, 0.29) is 24.3 Å². The second kappa shape index (κ2) is 10.1. The molecule has 4 nitrogen and oxygen atoms in total. The van der Waals surface area contributed by atoms with Crippen LogP contribution in [0.4, 0.5) is 0 Å². The van der Waals surface area contributed by atoms with Crippen LogP contribution in [-0.4, -0.2) is 28.8 Å². The van der Waals surface area contributed by atoms with Gasteiger partial charge in [-0.15, -0.1) is 0 Å². The van der Waals surface area contributed by atoms with E-state index in [9.17, 15) is 9.59 Å². The Hall–Kier alpha value is -2.62. The van der Waals surface area contributed by atoms with Crippen LogP contribution in [0.25, 0.3) is 0 Å². The van der Waals surface area contributed by atoms with Gasteiger partial charge in [0.25, 0.3) is 0 Å². The fourth-order valence-electron chi connectivity index (χ4n) is 3.25. The number of carbonyl (C=O) groups is 2. The zero-order valence-electron chi connectivity index (χ0n) is 17.7.